The van der Waals surface area contributed by atoms with E-state index in [4.69, 9.17) is 0 Å². The van der Waals surface area contributed by atoms with Crippen molar-refractivity contribution >= 4 is 46.0 Å². The van der Waals surface area contributed by atoms with Gasteiger partial charge in [-0.15, -0.1) is 11.8 Å². The van der Waals surface area contributed by atoms with Crippen LogP contribution >= 0.6 is 11.8 Å². The molecule has 1 aliphatic heterocycles. The molecule has 7 nitrogen and oxygen atoms in total. The lowest BCUT2D eigenvalue weighted by Crippen LogP contribution is -2.41. The topological polar surface area (TPSA) is 80.1 Å². The van der Waals surface area contributed by atoms with Crippen molar-refractivity contribution < 1.29 is 9.59 Å². The molecule has 132 valence electrons. The summed E-state index contributed by atoms with van der Waals surface area (Å²) in [6, 6.07) is 9.47. The van der Waals surface area contributed by atoms with E-state index in [9.17, 15) is 9.59 Å². The van der Waals surface area contributed by atoms with Crippen LogP contribution in [0.25, 0.3) is 11.0 Å². The van der Waals surface area contributed by atoms with Crippen LogP contribution in [0, 0.1) is 6.92 Å². The number of thioether (sulfide) groups is 1. The average Bonchev–Trinajstić information content (AvgIpc) is 2.91. The zero-order valence-corrected chi connectivity index (χ0v) is 15.2. The highest BCUT2D eigenvalue weighted by atomic mass is 32.2. The standard InChI is InChI=1S/C18H17N5O2S/c1-11-13-7-12(8-19-18(13)22(2)21-11)20-16(24)9-23-14-5-3-4-6-15(14)26-10-17(23)25/h3-8H,9-10H2,1-2H3,(H,20,24). The van der Waals surface area contributed by atoms with Gasteiger partial charge in [0.05, 0.1) is 29.0 Å². The van der Waals surface area contributed by atoms with Crippen molar-refractivity contribution in [3.05, 3.63) is 42.2 Å². The van der Waals surface area contributed by atoms with E-state index in [2.05, 4.69) is 15.4 Å². The molecule has 0 spiro atoms. The molecule has 1 aliphatic rings. The van der Waals surface area contributed by atoms with Gasteiger partial charge in [0.15, 0.2) is 5.65 Å². The zero-order chi connectivity index (χ0) is 18.3. The van der Waals surface area contributed by atoms with Crippen molar-refractivity contribution in [1.82, 2.24) is 14.8 Å². The molecule has 4 rings (SSSR count). The minimum atomic E-state index is -0.261. The summed E-state index contributed by atoms with van der Waals surface area (Å²) in [7, 11) is 1.83. The maximum Gasteiger partial charge on any atom is 0.244 e. The van der Waals surface area contributed by atoms with Crippen LogP contribution in [0.4, 0.5) is 11.4 Å². The Bertz CT molecular complexity index is 1030. The van der Waals surface area contributed by atoms with Gasteiger partial charge in [-0.2, -0.15) is 5.10 Å². The second-order valence-corrected chi connectivity index (χ2v) is 7.11. The Hall–Kier alpha value is -2.87. The molecular weight excluding hydrogens is 350 g/mol. The normalized spacial score (nSPS) is 13.8. The first-order valence-corrected chi connectivity index (χ1v) is 9.13. The van der Waals surface area contributed by atoms with Gasteiger partial charge in [0.2, 0.25) is 11.8 Å². The molecule has 0 saturated carbocycles. The maximum absolute atomic E-state index is 12.5. The molecule has 0 atom stereocenters. The lowest BCUT2D eigenvalue weighted by Gasteiger charge is -2.28. The fourth-order valence-electron chi connectivity index (χ4n) is 3.05. The molecule has 3 heterocycles. The molecule has 0 saturated heterocycles. The smallest absolute Gasteiger partial charge is 0.244 e. The minimum absolute atomic E-state index is 0.0273. The second-order valence-electron chi connectivity index (χ2n) is 6.09. The summed E-state index contributed by atoms with van der Waals surface area (Å²) in [5, 5.41) is 8.05. The molecular formula is C18H17N5O2S. The second kappa shape index (κ2) is 6.45. The number of fused-ring (bicyclic) bond motifs is 2. The Morgan fingerprint density at radius 2 is 2.15 bits per heavy atom. The van der Waals surface area contributed by atoms with Crippen molar-refractivity contribution in [3.63, 3.8) is 0 Å². The lowest BCUT2D eigenvalue weighted by atomic mass is 10.2. The number of nitrogens with zero attached hydrogens (tertiary/aromatic N) is 4. The van der Waals surface area contributed by atoms with Crippen LogP contribution in [0.3, 0.4) is 0 Å². The molecule has 0 unspecified atom stereocenters. The molecule has 1 aromatic carbocycles. The number of aryl methyl sites for hydroxylation is 2. The number of hydrogen-bond donors (Lipinski definition) is 1. The van der Waals surface area contributed by atoms with E-state index in [1.54, 1.807) is 10.9 Å². The summed E-state index contributed by atoms with van der Waals surface area (Å²) in [6.07, 6.45) is 1.60. The maximum atomic E-state index is 12.5. The number of anilines is 2. The van der Waals surface area contributed by atoms with E-state index in [1.807, 2.05) is 44.3 Å². The number of nitrogens with one attached hydrogen (secondary N) is 1. The van der Waals surface area contributed by atoms with Crippen LogP contribution in [0.15, 0.2) is 41.4 Å². The highest BCUT2D eigenvalue weighted by Crippen LogP contribution is 2.34. The molecule has 2 amide bonds. The van der Waals surface area contributed by atoms with Crippen LogP contribution in [0.2, 0.25) is 0 Å². The van der Waals surface area contributed by atoms with E-state index in [0.717, 1.165) is 27.3 Å². The Morgan fingerprint density at radius 3 is 3.00 bits per heavy atom. The van der Waals surface area contributed by atoms with Crippen molar-refractivity contribution in [3.8, 4) is 0 Å². The SMILES string of the molecule is Cc1nn(C)c2ncc(NC(=O)CN3C(=O)CSc4ccccc43)cc12. The number of aromatic nitrogens is 3. The molecule has 8 heteroatoms. The quantitative estimate of drug-likeness (QED) is 0.769. The molecule has 3 aromatic rings. The monoisotopic (exact) mass is 367 g/mol. The van der Waals surface area contributed by atoms with E-state index in [-0.39, 0.29) is 18.4 Å². The van der Waals surface area contributed by atoms with E-state index < -0.39 is 0 Å². The number of hydrogen-bond acceptors (Lipinski definition) is 5. The van der Waals surface area contributed by atoms with Crippen molar-refractivity contribution in [2.45, 2.75) is 11.8 Å². The van der Waals surface area contributed by atoms with Gasteiger partial charge in [-0.3, -0.25) is 14.3 Å². The number of carbonyl (C=O) groups is 2. The molecule has 0 radical (unpaired) electrons. The van der Waals surface area contributed by atoms with Crippen LogP contribution in [-0.2, 0) is 16.6 Å². The summed E-state index contributed by atoms with van der Waals surface area (Å²) in [5.41, 5.74) is 2.98. The summed E-state index contributed by atoms with van der Waals surface area (Å²) in [5.74, 6) is 0.00967. The van der Waals surface area contributed by atoms with Crippen molar-refractivity contribution in [2.24, 2.45) is 7.05 Å². The Labute approximate surface area is 154 Å². The molecule has 0 aliphatic carbocycles. The highest BCUT2D eigenvalue weighted by molar-refractivity contribution is 8.00. The zero-order valence-electron chi connectivity index (χ0n) is 14.4. The van der Waals surface area contributed by atoms with Gasteiger partial charge in [-0.1, -0.05) is 12.1 Å². The predicted molar refractivity (Wildman–Crippen MR) is 101 cm³/mol. The third-order valence-electron chi connectivity index (χ3n) is 4.26. The van der Waals surface area contributed by atoms with E-state index >= 15 is 0 Å². The molecule has 26 heavy (non-hydrogen) atoms. The number of benzene rings is 1. The summed E-state index contributed by atoms with van der Waals surface area (Å²) in [4.78, 5) is 31.7. The molecule has 1 N–H and O–H groups in total. The van der Waals surface area contributed by atoms with Crippen LogP contribution in [-0.4, -0.2) is 38.9 Å². The van der Waals surface area contributed by atoms with Gasteiger partial charge in [-0.05, 0) is 25.1 Å². The molecule has 2 aromatic heterocycles. The molecule has 0 bridgehead atoms. The minimum Gasteiger partial charge on any atom is -0.323 e. The first-order chi connectivity index (χ1) is 12.5. The van der Waals surface area contributed by atoms with Crippen LogP contribution in [0.1, 0.15) is 5.69 Å². The van der Waals surface area contributed by atoms with Gasteiger partial charge in [0.1, 0.15) is 6.54 Å². The Balaban J connectivity index is 1.54. The van der Waals surface area contributed by atoms with Gasteiger partial charge in [0.25, 0.3) is 0 Å². The van der Waals surface area contributed by atoms with E-state index in [1.165, 1.54) is 16.7 Å². The summed E-state index contributed by atoms with van der Waals surface area (Å²) < 4.78 is 1.71. The van der Waals surface area contributed by atoms with Gasteiger partial charge in [0, 0.05) is 17.3 Å². The Morgan fingerprint density at radius 1 is 1.35 bits per heavy atom. The van der Waals surface area contributed by atoms with Gasteiger partial charge in [-0.25, -0.2) is 4.98 Å². The first kappa shape index (κ1) is 16.6. The van der Waals surface area contributed by atoms with Crippen LogP contribution in [0.5, 0.6) is 0 Å². The number of rotatable bonds is 3. The molecule has 0 fully saturated rings. The highest BCUT2D eigenvalue weighted by Gasteiger charge is 2.26. The number of pyridine rings is 1. The number of carbonyl (C=O) groups excluding carboxylic acids is 2. The number of amides is 2. The fourth-order valence-corrected chi connectivity index (χ4v) is 3.98. The average molecular weight is 367 g/mol. The first-order valence-electron chi connectivity index (χ1n) is 8.14. The number of para-hydroxylation sites is 1. The van der Waals surface area contributed by atoms with Gasteiger partial charge >= 0.3 is 0 Å². The third-order valence-corrected chi connectivity index (χ3v) is 5.30. The van der Waals surface area contributed by atoms with Crippen LogP contribution < -0.4 is 10.2 Å². The lowest BCUT2D eigenvalue weighted by molar-refractivity contribution is -0.120. The van der Waals surface area contributed by atoms with E-state index in [0.29, 0.717) is 11.4 Å². The largest absolute Gasteiger partial charge is 0.323 e. The Kier molecular flexibility index (Phi) is 4.12. The van der Waals surface area contributed by atoms with Crippen molar-refractivity contribution in [2.75, 3.05) is 22.5 Å². The predicted octanol–water partition coefficient (Wildman–Crippen LogP) is 2.35. The summed E-state index contributed by atoms with van der Waals surface area (Å²) >= 11 is 1.49. The van der Waals surface area contributed by atoms with Crippen molar-refractivity contribution in [1.29, 1.82) is 0 Å². The third kappa shape index (κ3) is 2.92. The van der Waals surface area contributed by atoms with Gasteiger partial charge < -0.3 is 10.2 Å². The summed E-state index contributed by atoms with van der Waals surface area (Å²) in [6.45, 7) is 1.87. The fraction of sp³-hybridized carbons (Fsp3) is 0.222.